The molecule has 0 aromatic carbocycles. The van der Waals surface area contributed by atoms with Gasteiger partial charge < -0.3 is 4.90 Å². The van der Waals surface area contributed by atoms with E-state index in [0.717, 1.165) is 28.4 Å². The van der Waals surface area contributed by atoms with Crippen LogP contribution in [0.5, 0.6) is 0 Å². The summed E-state index contributed by atoms with van der Waals surface area (Å²) in [7, 11) is 0. The van der Waals surface area contributed by atoms with Crippen LogP contribution in [0.3, 0.4) is 0 Å². The van der Waals surface area contributed by atoms with Crippen molar-refractivity contribution in [3.05, 3.63) is 35.5 Å². The molecule has 1 fully saturated rings. The molecule has 1 aliphatic carbocycles. The second kappa shape index (κ2) is 6.15. The fraction of sp³-hybridized carbons (Fsp3) is 0.471. The molecule has 3 aromatic heterocycles. The highest BCUT2D eigenvalue weighted by atomic mass is 79.9. The van der Waals surface area contributed by atoms with Crippen LogP contribution in [-0.4, -0.2) is 40.3 Å². The standard InChI is InChI=1S/C17H19BrN8/c1-2-12-16-23-21-10-25(16)13-7-19-17(24-8-14(18)20-9-24)22-15(13)26(12)11-5-3-4-6-11/h7-12H,2-6H2,1H3. The van der Waals surface area contributed by atoms with Crippen LogP contribution in [0.1, 0.15) is 50.9 Å². The van der Waals surface area contributed by atoms with Crippen LogP contribution in [-0.2, 0) is 0 Å². The number of nitrogens with zero attached hydrogens (tertiary/aromatic N) is 8. The van der Waals surface area contributed by atoms with Gasteiger partial charge in [-0.25, -0.2) is 9.97 Å². The van der Waals surface area contributed by atoms with Gasteiger partial charge in [-0.1, -0.05) is 19.8 Å². The lowest BCUT2D eigenvalue weighted by Gasteiger charge is -2.40. The van der Waals surface area contributed by atoms with Gasteiger partial charge in [0.05, 0.1) is 12.2 Å². The van der Waals surface area contributed by atoms with E-state index in [1.807, 2.05) is 21.5 Å². The zero-order chi connectivity index (χ0) is 17.7. The van der Waals surface area contributed by atoms with Crippen molar-refractivity contribution in [1.82, 2.24) is 34.3 Å². The van der Waals surface area contributed by atoms with Gasteiger partial charge in [0.15, 0.2) is 11.6 Å². The third-order valence-electron chi connectivity index (χ3n) is 5.34. The van der Waals surface area contributed by atoms with E-state index < -0.39 is 0 Å². The van der Waals surface area contributed by atoms with Crippen molar-refractivity contribution in [2.75, 3.05) is 4.90 Å². The molecule has 0 N–H and O–H groups in total. The number of hydrogen-bond acceptors (Lipinski definition) is 6. The number of imidazole rings is 1. The number of anilines is 1. The fourth-order valence-corrected chi connectivity index (χ4v) is 4.48. The second-order valence-electron chi connectivity index (χ2n) is 6.81. The summed E-state index contributed by atoms with van der Waals surface area (Å²) in [5.74, 6) is 2.57. The molecule has 9 heteroatoms. The first-order valence-corrected chi connectivity index (χ1v) is 9.81. The van der Waals surface area contributed by atoms with Gasteiger partial charge in [0.2, 0.25) is 5.95 Å². The molecular weight excluding hydrogens is 396 g/mol. The minimum Gasteiger partial charge on any atom is -0.341 e. The van der Waals surface area contributed by atoms with Gasteiger partial charge in [-0.2, -0.15) is 4.98 Å². The summed E-state index contributed by atoms with van der Waals surface area (Å²) < 4.78 is 4.63. The summed E-state index contributed by atoms with van der Waals surface area (Å²) in [4.78, 5) is 16.2. The molecule has 2 aliphatic rings. The lowest BCUT2D eigenvalue weighted by Crippen LogP contribution is -2.42. The van der Waals surface area contributed by atoms with E-state index in [1.54, 1.807) is 12.7 Å². The van der Waals surface area contributed by atoms with Crippen LogP contribution >= 0.6 is 15.9 Å². The molecule has 0 spiro atoms. The highest BCUT2D eigenvalue weighted by Crippen LogP contribution is 2.42. The Bertz CT molecular complexity index is 942. The van der Waals surface area contributed by atoms with E-state index >= 15 is 0 Å². The molecule has 1 unspecified atom stereocenters. The van der Waals surface area contributed by atoms with Crippen molar-refractivity contribution in [2.45, 2.75) is 51.1 Å². The average Bonchev–Trinajstić information content (AvgIpc) is 3.41. The topological polar surface area (TPSA) is 77.5 Å². The zero-order valence-corrected chi connectivity index (χ0v) is 16.0. The van der Waals surface area contributed by atoms with Crippen molar-refractivity contribution in [2.24, 2.45) is 0 Å². The molecule has 26 heavy (non-hydrogen) atoms. The highest BCUT2D eigenvalue weighted by molar-refractivity contribution is 9.10. The molecular formula is C17H19BrN8. The zero-order valence-electron chi connectivity index (χ0n) is 14.5. The number of halogens is 1. The maximum Gasteiger partial charge on any atom is 0.237 e. The second-order valence-corrected chi connectivity index (χ2v) is 7.62. The predicted molar refractivity (Wildman–Crippen MR) is 99.5 cm³/mol. The van der Waals surface area contributed by atoms with E-state index in [4.69, 9.17) is 4.98 Å². The van der Waals surface area contributed by atoms with Crippen LogP contribution in [0.2, 0.25) is 0 Å². The van der Waals surface area contributed by atoms with Crippen molar-refractivity contribution < 1.29 is 0 Å². The molecule has 0 amide bonds. The molecule has 0 saturated heterocycles. The van der Waals surface area contributed by atoms with Gasteiger partial charge in [0, 0.05) is 12.2 Å². The highest BCUT2D eigenvalue weighted by Gasteiger charge is 2.38. The Labute approximate surface area is 159 Å². The summed E-state index contributed by atoms with van der Waals surface area (Å²) in [5, 5.41) is 8.56. The molecule has 1 saturated carbocycles. The molecule has 0 radical (unpaired) electrons. The molecule has 8 nitrogen and oxygen atoms in total. The van der Waals surface area contributed by atoms with Crippen molar-refractivity contribution >= 4 is 21.7 Å². The Morgan fingerprint density at radius 1 is 1.19 bits per heavy atom. The van der Waals surface area contributed by atoms with Gasteiger partial charge in [0.25, 0.3) is 0 Å². The Morgan fingerprint density at radius 3 is 2.77 bits per heavy atom. The summed E-state index contributed by atoms with van der Waals surface area (Å²) in [6.07, 6.45) is 13.1. The average molecular weight is 415 g/mol. The van der Waals surface area contributed by atoms with E-state index in [9.17, 15) is 0 Å². The maximum absolute atomic E-state index is 4.94. The number of hydrogen-bond donors (Lipinski definition) is 0. The van der Waals surface area contributed by atoms with E-state index in [1.165, 1.54) is 25.7 Å². The first-order chi connectivity index (χ1) is 12.8. The smallest absolute Gasteiger partial charge is 0.237 e. The van der Waals surface area contributed by atoms with Gasteiger partial charge >= 0.3 is 0 Å². The monoisotopic (exact) mass is 414 g/mol. The summed E-state index contributed by atoms with van der Waals surface area (Å²) in [5.41, 5.74) is 0.949. The Morgan fingerprint density at radius 2 is 2.04 bits per heavy atom. The quantitative estimate of drug-likeness (QED) is 0.654. The molecule has 134 valence electrons. The minimum atomic E-state index is 0.186. The van der Waals surface area contributed by atoms with E-state index in [-0.39, 0.29) is 6.04 Å². The predicted octanol–water partition coefficient (Wildman–Crippen LogP) is 3.22. The maximum atomic E-state index is 4.94. The molecule has 1 aliphatic heterocycles. The first kappa shape index (κ1) is 15.9. The number of rotatable bonds is 3. The van der Waals surface area contributed by atoms with Crippen LogP contribution in [0.25, 0.3) is 11.6 Å². The van der Waals surface area contributed by atoms with Crippen LogP contribution in [0, 0.1) is 0 Å². The summed E-state index contributed by atoms with van der Waals surface area (Å²) in [6, 6.07) is 0.673. The Kier molecular flexibility index (Phi) is 3.77. The van der Waals surface area contributed by atoms with Crippen molar-refractivity contribution in [1.29, 1.82) is 0 Å². The lowest BCUT2D eigenvalue weighted by atomic mass is 10.0. The SMILES string of the molecule is CCC1c2nncn2-c2cnc(-n3cnc(Br)c3)nc2N1C1CCCC1. The molecule has 4 heterocycles. The third-order valence-corrected chi connectivity index (χ3v) is 5.75. The van der Waals surface area contributed by atoms with Crippen LogP contribution in [0.4, 0.5) is 5.82 Å². The van der Waals surface area contributed by atoms with Crippen LogP contribution in [0.15, 0.2) is 29.7 Å². The third kappa shape index (κ3) is 2.37. The summed E-state index contributed by atoms with van der Waals surface area (Å²) >= 11 is 3.39. The Balaban J connectivity index is 1.69. The van der Waals surface area contributed by atoms with E-state index in [0.29, 0.717) is 12.0 Å². The number of fused-ring (bicyclic) bond motifs is 3. The Hall–Kier alpha value is -2.29. The van der Waals surface area contributed by atoms with Crippen molar-refractivity contribution in [3.8, 4) is 11.6 Å². The van der Waals surface area contributed by atoms with Gasteiger partial charge in [-0.05, 0) is 35.2 Å². The first-order valence-electron chi connectivity index (χ1n) is 9.01. The minimum absolute atomic E-state index is 0.186. The molecule has 0 bridgehead atoms. The van der Waals surface area contributed by atoms with Gasteiger partial charge in [-0.3, -0.25) is 9.13 Å². The molecule has 1 atom stereocenters. The van der Waals surface area contributed by atoms with Gasteiger partial charge in [-0.15, -0.1) is 10.2 Å². The number of aromatic nitrogens is 7. The van der Waals surface area contributed by atoms with Crippen LogP contribution < -0.4 is 4.90 Å². The largest absolute Gasteiger partial charge is 0.341 e. The lowest BCUT2D eigenvalue weighted by molar-refractivity contribution is 0.468. The van der Waals surface area contributed by atoms with Crippen molar-refractivity contribution in [3.63, 3.8) is 0 Å². The normalized spacial score (nSPS) is 19.6. The fourth-order valence-electron chi connectivity index (χ4n) is 4.17. The summed E-state index contributed by atoms with van der Waals surface area (Å²) in [6.45, 7) is 2.20. The molecule has 5 rings (SSSR count). The molecule has 3 aromatic rings. The van der Waals surface area contributed by atoms with Gasteiger partial charge in [0.1, 0.15) is 22.9 Å². The van der Waals surface area contributed by atoms with E-state index in [2.05, 4.69) is 47.9 Å².